The molecule has 1 fully saturated rings. The van der Waals surface area contributed by atoms with E-state index in [9.17, 15) is 28.2 Å². The molecule has 0 bridgehead atoms. The van der Waals surface area contributed by atoms with E-state index < -0.39 is 23.8 Å². The molecule has 1 saturated heterocycles. The molecule has 0 amide bonds. The number of aliphatic carboxylic acids is 1. The SMILES string of the molecule is COc1ccc2nccc(C(O)CC[C@@H]3CCN(CCCCc4ccc(C(F)(F)F)cc4)C[C@@H]3CCC(=O)O)c2c1. The molecule has 0 radical (unpaired) electrons. The number of hydrogen-bond donors (Lipinski definition) is 2. The maximum absolute atomic E-state index is 12.8. The van der Waals surface area contributed by atoms with Gasteiger partial charge in [0.1, 0.15) is 5.75 Å². The first-order valence-electron chi connectivity index (χ1n) is 14.3. The van der Waals surface area contributed by atoms with E-state index in [1.165, 1.54) is 0 Å². The van der Waals surface area contributed by atoms with Gasteiger partial charge >= 0.3 is 12.1 Å². The van der Waals surface area contributed by atoms with E-state index >= 15 is 0 Å². The van der Waals surface area contributed by atoms with E-state index in [4.69, 9.17) is 4.74 Å². The Bertz CT molecular complexity index is 1280. The minimum atomic E-state index is -4.32. The van der Waals surface area contributed by atoms with Gasteiger partial charge < -0.3 is 19.8 Å². The summed E-state index contributed by atoms with van der Waals surface area (Å²) in [6, 6.07) is 12.9. The Kier molecular flexibility index (Phi) is 10.6. The van der Waals surface area contributed by atoms with Crippen LogP contribution < -0.4 is 4.74 Å². The molecule has 9 heteroatoms. The predicted octanol–water partition coefficient (Wildman–Crippen LogP) is 6.90. The molecule has 1 aliphatic rings. The molecular formula is C32H39F3N2O4. The second kappa shape index (κ2) is 14.1. The van der Waals surface area contributed by atoms with Crippen molar-refractivity contribution in [3.63, 3.8) is 0 Å². The number of benzene rings is 2. The average molecular weight is 573 g/mol. The smallest absolute Gasteiger partial charge is 0.416 e. The summed E-state index contributed by atoms with van der Waals surface area (Å²) in [5.41, 5.74) is 1.89. The Morgan fingerprint density at radius 2 is 1.88 bits per heavy atom. The number of hydrogen-bond acceptors (Lipinski definition) is 5. The van der Waals surface area contributed by atoms with Gasteiger partial charge in [-0.3, -0.25) is 9.78 Å². The van der Waals surface area contributed by atoms with E-state index in [-0.39, 0.29) is 12.3 Å². The number of pyridine rings is 1. The van der Waals surface area contributed by atoms with Crippen LogP contribution >= 0.6 is 0 Å². The number of alkyl halides is 3. The minimum absolute atomic E-state index is 0.125. The van der Waals surface area contributed by atoms with Crippen LogP contribution in [0.15, 0.2) is 54.7 Å². The van der Waals surface area contributed by atoms with E-state index in [0.717, 1.165) is 85.9 Å². The number of carbonyl (C=O) groups is 1. The van der Waals surface area contributed by atoms with E-state index in [0.29, 0.717) is 24.5 Å². The molecule has 0 spiro atoms. The number of likely N-dealkylation sites (tertiary alicyclic amines) is 1. The summed E-state index contributed by atoms with van der Waals surface area (Å²) in [4.78, 5) is 18.1. The fourth-order valence-electron chi connectivity index (χ4n) is 5.99. The van der Waals surface area contributed by atoms with Gasteiger partial charge in [0, 0.05) is 24.5 Å². The molecule has 4 rings (SSSR count). The molecule has 222 valence electrons. The highest BCUT2D eigenvalue weighted by Crippen LogP contribution is 2.35. The third kappa shape index (κ3) is 8.66. The van der Waals surface area contributed by atoms with E-state index in [2.05, 4.69) is 9.88 Å². The van der Waals surface area contributed by atoms with Crippen LogP contribution in [-0.4, -0.2) is 52.8 Å². The summed E-state index contributed by atoms with van der Waals surface area (Å²) in [5.74, 6) is 0.473. The lowest BCUT2D eigenvalue weighted by Gasteiger charge is -2.39. The van der Waals surface area contributed by atoms with Crippen LogP contribution in [0.4, 0.5) is 13.2 Å². The third-order valence-corrected chi connectivity index (χ3v) is 8.33. The number of methoxy groups -OCH3 is 1. The first kappa shape index (κ1) is 30.8. The number of aryl methyl sites for hydroxylation is 1. The number of carboxylic acid groups (broad SMARTS) is 1. The molecule has 3 aromatic rings. The summed E-state index contributed by atoms with van der Waals surface area (Å²) in [5, 5.41) is 21.3. The van der Waals surface area contributed by atoms with Crippen LogP contribution in [-0.2, 0) is 17.4 Å². The molecule has 0 saturated carbocycles. The highest BCUT2D eigenvalue weighted by atomic mass is 19.4. The maximum atomic E-state index is 12.8. The van der Waals surface area contributed by atoms with Gasteiger partial charge in [0.05, 0.1) is 24.3 Å². The van der Waals surface area contributed by atoms with Crippen molar-refractivity contribution in [3.8, 4) is 5.75 Å². The van der Waals surface area contributed by atoms with Gasteiger partial charge in [0.15, 0.2) is 0 Å². The summed E-state index contributed by atoms with van der Waals surface area (Å²) in [7, 11) is 1.61. The molecule has 0 aliphatic carbocycles. The summed E-state index contributed by atoms with van der Waals surface area (Å²) in [6.07, 6.45) is 2.32. The summed E-state index contributed by atoms with van der Waals surface area (Å²) in [6.45, 7) is 2.62. The second-order valence-electron chi connectivity index (χ2n) is 11.1. The van der Waals surface area contributed by atoms with Crippen molar-refractivity contribution in [1.29, 1.82) is 0 Å². The van der Waals surface area contributed by atoms with E-state index in [1.807, 2.05) is 24.3 Å². The predicted molar refractivity (Wildman–Crippen MR) is 152 cm³/mol. The lowest BCUT2D eigenvalue weighted by molar-refractivity contribution is -0.138. The molecular weight excluding hydrogens is 533 g/mol. The van der Waals surface area contributed by atoms with Gasteiger partial charge in [-0.1, -0.05) is 12.1 Å². The van der Waals surface area contributed by atoms with Crippen LogP contribution in [0, 0.1) is 11.8 Å². The standard InChI is InChI=1S/C32H39F3N2O4/c1-41-26-11-12-29-28(20-26)27(15-17-36-29)30(38)13-7-23-16-19-37(21-24(23)8-14-31(39)40)18-3-2-4-22-5-9-25(10-6-22)32(33,34)35/h5-6,9-12,15,17,20,23-24,30,38H,2-4,7-8,13-14,16,18-19,21H2,1H3,(H,39,40)/t23-,24+,30?/m1/s1. The van der Waals surface area contributed by atoms with Crippen molar-refractivity contribution >= 4 is 16.9 Å². The van der Waals surface area contributed by atoms with Crippen LogP contribution in [0.5, 0.6) is 5.75 Å². The zero-order chi connectivity index (χ0) is 29.4. The topological polar surface area (TPSA) is 82.9 Å². The van der Waals surface area contributed by atoms with Gasteiger partial charge in [0.2, 0.25) is 0 Å². The third-order valence-electron chi connectivity index (χ3n) is 8.33. The highest BCUT2D eigenvalue weighted by Gasteiger charge is 2.31. The maximum Gasteiger partial charge on any atom is 0.416 e. The number of unbranched alkanes of at least 4 members (excludes halogenated alkanes) is 1. The van der Waals surface area contributed by atoms with Crippen LogP contribution in [0.1, 0.15) is 67.7 Å². The quantitative estimate of drug-likeness (QED) is 0.217. The Balaban J connectivity index is 1.29. The van der Waals surface area contributed by atoms with Crippen molar-refractivity contribution in [2.24, 2.45) is 11.8 Å². The number of aliphatic hydroxyl groups excluding tert-OH is 1. The largest absolute Gasteiger partial charge is 0.497 e. The van der Waals surface area contributed by atoms with Crippen molar-refractivity contribution in [2.45, 2.75) is 63.6 Å². The van der Waals surface area contributed by atoms with Crippen molar-refractivity contribution in [2.75, 3.05) is 26.7 Å². The summed E-state index contributed by atoms with van der Waals surface area (Å²) < 4.78 is 43.7. The molecule has 41 heavy (non-hydrogen) atoms. The van der Waals surface area contributed by atoms with Crippen LogP contribution in [0.2, 0.25) is 0 Å². The van der Waals surface area contributed by atoms with Gasteiger partial charge in [-0.25, -0.2) is 0 Å². The first-order valence-corrected chi connectivity index (χ1v) is 14.3. The van der Waals surface area contributed by atoms with Gasteiger partial charge in [-0.15, -0.1) is 0 Å². The van der Waals surface area contributed by atoms with Crippen LogP contribution in [0.25, 0.3) is 10.9 Å². The molecule has 2 aromatic carbocycles. The summed E-state index contributed by atoms with van der Waals surface area (Å²) >= 11 is 0. The lowest BCUT2D eigenvalue weighted by atomic mass is 9.79. The van der Waals surface area contributed by atoms with Gasteiger partial charge in [0.25, 0.3) is 0 Å². The van der Waals surface area contributed by atoms with Gasteiger partial charge in [-0.2, -0.15) is 13.2 Å². The molecule has 1 aliphatic heterocycles. The Morgan fingerprint density at radius 1 is 1.10 bits per heavy atom. The Morgan fingerprint density at radius 3 is 2.59 bits per heavy atom. The lowest BCUT2D eigenvalue weighted by Crippen LogP contribution is -2.41. The molecule has 1 aromatic heterocycles. The zero-order valence-electron chi connectivity index (χ0n) is 23.4. The molecule has 2 heterocycles. The second-order valence-corrected chi connectivity index (χ2v) is 11.1. The number of aromatic nitrogens is 1. The number of fused-ring (bicyclic) bond motifs is 1. The number of nitrogens with zero attached hydrogens (tertiary/aromatic N) is 2. The molecule has 2 N–H and O–H groups in total. The number of rotatable bonds is 13. The molecule has 1 unspecified atom stereocenters. The van der Waals surface area contributed by atoms with Crippen molar-refractivity contribution in [1.82, 2.24) is 9.88 Å². The number of piperidine rings is 1. The fourth-order valence-corrected chi connectivity index (χ4v) is 5.99. The molecule has 3 atom stereocenters. The Hall–Kier alpha value is -3.17. The van der Waals surface area contributed by atoms with Gasteiger partial charge in [-0.05, 0) is 117 Å². The minimum Gasteiger partial charge on any atom is -0.497 e. The number of halogens is 3. The van der Waals surface area contributed by atoms with Crippen molar-refractivity contribution in [3.05, 3.63) is 71.4 Å². The average Bonchev–Trinajstić information content (AvgIpc) is 2.96. The van der Waals surface area contributed by atoms with E-state index in [1.54, 1.807) is 25.4 Å². The van der Waals surface area contributed by atoms with Crippen molar-refractivity contribution < 1.29 is 32.9 Å². The normalized spacial score (nSPS) is 18.9. The fraction of sp³-hybridized carbons (Fsp3) is 0.500. The van der Waals surface area contributed by atoms with Crippen LogP contribution in [0.3, 0.4) is 0 Å². The molecule has 6 nitrogen and oxygen atoms in total. The highest BCUT2D eigenvalue weighted by molar-refractivity contribution is 5.83. The zero-order valence-corrected chi connectivity index (χ0v) is 23.4. The first-order chi connectivity index (χ1) is 19.6. The number of ether oxygens (including phenoxy) is 1. The number of carboxylic acids is 1. The number of aliphatic hydroxyl groups is 1. The Labute approximate surface area is 239 Å². The monoisotopic (exact) mass is 572 g/mol.